The molecule has 8 aromatic rings. The van der Waals surface area contributed by atoms with Crippen LogP contribution in [-0.4, -0.2) is 43.0 Å². The maximum atomic E-state index is 7.60. The summed E-state index contributed by atoms with van der Waals surface area (Å²) >= 11 is 0. The van der Waals surface area contributed by atoms with Crippen LogP contribution in [0, 0.1) is 5.92 Å². The van der Waals surface area contributed by atoms with Crippen LogP contribution in [0.1, 0.15) is 64.9 Å². The van der Waals surface area contributed by atoms with Gasteiger partial charge in [-0.2, -0.15) is 0 Å². The van der Waals surface area contributed by atoms with Gasteiger partial charge in [0.15, 0.2) is 28.8 Å². The zero-order valence-corrected chi connectivity index (χ0v) is 41.5. The predicted octanol–water partition coefficient (Wildman–Crippen LogP) is 13.9. The molecule has 12 rings (SSSR count). The average molecular weight is 983 g/mol. The van der Waals surface area contributed by atoms with Crippen molar-refractivity contribution in [2.45, 2.75) is 61.5 Å². The largest absolute Gasteiger partial charge is 0.478 e. The lowest BCUT2D eigenvalue weighted by Crippen LogP contribution is -2.53. The Balaban J connectivity index is 0.895. The van der Waals surface area contributed by atoms with Crippen molar-refractivity contribution >= 4 is 20.4 Å². The van der Waals surface area contributed by atoms with Crippen LogP contribution in [0.15, 0.2) is 241 Å². The van der Waals surface area contributed by atoms with Gasteiger partial charge in [0.2, 0.25) is 0 Å². The van der Waals surface area contributed by atoms with E-state index in [0.717, 1.165) is 50.1 Å². The summed E-state index contributed by atoms with van der Waals surface area (Å²) in [4.78, 5) is 10.2. The highest BCUT2D eigenvalue weighted by molar-refractivity contribution is 7.42. The van der Waals surface area contributed by atoms with Crippen LogP contribution in [0.3, 0.4) is 0 Å². The van der Waals surface area contributed by atoms with Crippen molar-refractivity contribution in [2.24, 2.45) is 15.9 Å². The quantitative estimate of drug-likeness (QED) is 0.106. The molecule has 10 heteroatoms. The maximum Gasteiger partial charge on any atom is 0.399 e. The van der Waals surface area contributed by atoms with Gasteiger partial charge in [0, 0.05) is 0 Å². The smallest absolute Gasteiger partial charge is 0.399 e. The fourth-order valence-electron chi connectivity index (χ4n) is 10.7. The highest BCUT2D eigenvalue weighted by Gasteiger charge is 2.67. The standard InChI is InChI=1S/C63H55N2O7P/c1-61(2)68-57-58(69-61)63(51-31-17-7-18-32-51,52-33-19-8-20-34-52)72-73(71-62(57,49-27-13-5-14-28-49)50-29-15-6-16-30-50)70-53-35-21-26-48(41-53)45-38-36-44(37-39-45)40-54(59-64-55(42-66-59)46-22-9-3-10-23-46)60-65-56(43-67-60)47-24-11-4-12-25-47/h3-39,41,54-58H,40,42-43H2,1-2H3/t55-,56-,57-,58-/m1/s1. The Hall–Kier alpha value is -7.23. The predicted molar refractivity (Wildman–Crippen MR) is 285 cm³/mol. The van der Waals surface area contributed by atoms with E-state index < -0.39 is 37.8 Å². The number of ether oxygens (including phenoxy) is 4. The Morgan fingerprint density at radius 1 is 0.479 bits per heavy atom. The Morgan fingerprint density at radius 3 is 1.32 bits per heavy atom. The first-order valence-electron chi connectivity index (χ1n) is 25.0. The van der Waals surface area contributed by atoms with Gasteiger partial charge >= 0.3 is 8.60 Å². The molecule has 4 heterocycles. The Morgan fingerprint density at radius 2 is 0.890 bits per heavy atom. The van der Waals surface area contributed by atoms with E-state index in [9.17, 15) is 0 Å². The number of hydrogen-bond acceptors (Lipinski definition) is 9. The molecule has 2 fully saturated rings. The lowest BCUT2D eigenvalue weighted by Gasteiger charge is -2.41. The third-order valence-corrected chi connectivity index (χ3v) is 15.4. The number of benzene rings is 8. The van der Waals surface area contributed by atoms with Gasteiger partial charge in [-0.25, -0.2) is 9.98 Å². The van der Waals surface area contributed by atoms with Crippen molar-refractivity contribution in [3.05, 3.63) is 269 Å². The lowest BCUT2D eigenvalue weighted by molar-refractivity contribution is -0.175. The van der Waals surface area contributed by atoms with Crippen molar-refractivity contribution in [2.75, 3.05) is 13.2 Å². The van der Waals surface area contributed by atoms with E-state index in [2.05, 4.69) is 103 Å². The molecule has 9 nitrogen and oxygen atoms in total. The monoisotopic (exact) mass is 982 g/mol. The molecular formula is C63H55N2O7P. The summed E-state index contributed by atoms with van der Waals surface area (Å²) in [7, 11) is -2.25. The molecule has 0 saturated carbocycles. The van der Waals surface area contributed by atoms with E-state index in [0.29, 0.717) is 37.2 Å². The third-order valence-electron chi connectivity index (χ3n) is 14.2. The van der Waals surface area contributed by atoms with Crippen LogP contribution in [-0.2, 0) is 45.6 Å². The maximum absolute atomic E-state index is 7.60. The van der Waals surface area contributed by atoms with Crippen molar-refractivity contribution in [1.29, 1.82) is 0 Å². The van der Waals surface area contributed by atoms with Gasteiger partial charge in [0.05, 0.1) is 0 Å². The van der Waals surface area contributed by atoms with Crippen LogP contribution in [0.5, 0.6) is 5.75 Å². The summed E-state index contributed by atoms with van der Waals surface area (Å²) < 4.78 is 49.4. The highest BCUT2D eigenvalue weighted by Crippen LogP contribution is 2.65. The van der Waals surface area contributed by atoms with Crippen LogP contribution >= 0.6 is 8.60 Å². The SMILES string of the molecule is CC1(C)O[C@@H]2[C@@H](O1)C(c1ccccc1)(c1ccccc1)OP(Oc1cccc(-c3ccc(CC(C4=N[C@@H](c5ccccc5)CO4)C4=N[C@@H](c5ccccc5)CO4)cc3)c1)OC2(c1ccccc1)c1ccccc1. The average Bonchev–Trinajstić information content (AvgIpc) is 4.21. The highest BCUT2D eigenvalue weighted by atomic mass is 31.2. The summed E-state index contributed by atoms with van der Waals surface area (Å²) in [5.74, 6) is 0.591. The molecule has 4 aliphatic heterocycles. The molecule has 4 atom stereocenters. The first-order chi connectivity index (χ1) is 35.8. The molecule has 0 bridgehead atoms. The van der Waals surface area contributed by atoms with Crippen LogP contribution in [0.25, 0.3) is 11.1 Å². The fraction of sp³-hybridized carbons (Fsp3) is 0.206. The van der Waals surface area contributed by atoms with Gasteiger partial charge in [-0.1, -0.05) is 218 Å². The molecule has 0 aromatic heterocycles. The Bertz CT molecular complexity index is 2950. The van der Waals surface area contributed by atoms with Crippen molar-refractivity contribution in [3.8, 4) is 16.9 Å². The second-order valence-electron chi connectivity index (χ2n) is 19.3. The molecule has 73 heavy (non-hydrogen) atoms. The van der Waals surface area contributed by atoms with Crippen molar-refractivity contribution in [3.63, 3.8) is 0 Å². The van der Waals surface area contributed by atoms with E-state index in [4.69, 9.17) is 42.5 Å². The normalized spacial score (nSPS) is 21.8. The number of rotatable bonds is 13. The van der Waals surface area contributed by atoms with E-state index in [-0.39, 0.29) is 18.0 Å². The van der Waals surface area contributed by atoms with Crippen molar-refractivity contribution in [1.82, 2.24) is 0 Å². The summed E-state index contributed by atoms with van der Waals surface area (Å²) in [5.41, 5.74) is 6.36. The molecule has 0 amide bonds. The first-order valence-corrected chi connectivity index (χ1v) is 26.1. The fourth-order valence-corrected chi connectivity index (χ4v) is 12.2. The summed E-state index contributed by atoms with van der Waals surface area (Å²) in [6, 6.07) is 78.1. The van der Waals surface area contributed by atoms with Gasteiger partial charge in [0.25, 0.3) is 0 Å². The molecule has 0 aliphatic carbocycles. The second-order valence-corrected chi connectivity index (χ2v) is 20.3. The van der Waals surface area contributed by atoms with Gasteiger partial charge in [-0.3, -0.25) is 9.05 Å². The van der Waals surface area contributed by atoms with Gasteiger partial charge < -0.3 is 23.5 Å². The molecule has 4 aliphatic rings. The van der Waals surface area contributed by atoms with Gasteiger partial charge in [-0.15, -0.1) is 0 Å². The molecule has 0 spiro atoms. The topological polar surface area (TPSA) is 89.3 Å². The molecule has 0 unspecified atom stereocenters. The summed E-state index contributed by atoms with van der Waals surface area (Å²) in [6.07, 6.45) is -0.836. The first kappa shape index (κ1) is 46.8. The molecule has 0 N–H and O–H groups in total. The third kappa shape index (κ3) is 9.18. The van der Waals surface area contributed by atoms with Crippen LogP contribution in [0.4, 0.5) is 0 Å². The molecule has 2 saturated heterocycles. The number of aliphatic imine (C=N–C) groups is 2. The number of hydrogen-bond donors (Lipinski definition) is 0. The summed E-state index contributed by atoms with van der Waals surface area (Å²) in [5, 5.41) is 0. The minimum Gasteiger partial charge on any atom is -0.478 e. The van der Waals surface area contributed by atoms with E-state index in [1.165, 1.54) is 0 Å². The number of fused-ring (bicyclic) bond motifs is 1. The van der Waals surface area contributed by atoms with E-state index in [1.807, 2.05) is 141 Å². The molecule has 0 radical (unpaired) electrons. The Labute approximate surface area is 428 Å². The molecule has 364 valence electrons. The minimum absolute atomic E-state index is 0.0904. The van der Waals surface area contributed by atoms with Gasteiger partial charge in [-0.05, 0) is 82.5 Å². The second kappa shape index (κ2) is 20.0. The van der Waals surface area contributed by atoms with E-state index in [1.54, 1.807) is 0 Å². The minimum atomic E-state index is -2.25. The number of nitrogens with zero attached hydrogens (tertiary/aromatic N) is 2. The van der Waals surface area contributed by atoms with Gasteiger partial charge in [0.1, 0.15) is 49.2 Å². The Kier molecular flexibility index (Phi) is 12.8. The molecular weight excluding hydrogens is 928 g/mol. The lowest BCUT2D eigenvalue weighted by atomic mass is 9.72. The van der Waals surface area contributed by atoms with Crippen molar-refractivity contribution < 1.29 is 32.5 Å². The zero-order chi connectivity index (χ0) is 49.2. The van der Waals surface area contributed by atoms with E-state index >= 15 is 0 Å². The van der Waals surface area contributed by atoms with Crippen LogP contribution in [0.2, 0.25) is 0 Å². The van der Waals surface area contributed by atoms with Crippen LogP contribution < -0.4 is 4.52 Å². The zero-order valence-electron chi connectivity index (χ0n) is 40.6. The molecule has 8 aromatic carbocycles. The summed E-state index contributed by atoms with van der Waals surface area (Å²) in [6.45, 7) is 4.86.